The second kappa shape index (κ2) is 6.22. The van der Waals surface area contributed by atoms with E-state index in [-0.39, 0.29) is 17.8 Å². The van der Waals surface area contributed by atoms with E-state index in [1.807, 2.05) is 20.8 Å². The molecule has 6 nitrogen and oxygen atoms in total. The Morgan fingerprint density at radius 2 is 2.04 bits per heavy atom. The Kier molecular flexibility index (Phi) is 4.26. The number of rotatable bonds is 2. The van der Waals surface area contributed by atoms with E-state index in [4.69, 9.17) is 9.26 Å². The first kappa shape index (κ1) is 16.4. The van der Waals surface area contributed by atoms with Crippen molar-refractivity contribution < 1.29 is 18.4 Å². The fourth-order valence-corrected chi connectivity index (χ4v) is 2.57. The van der Waals surface area contributed by atoms with E-state index in [0.717, 1.165) is 6.42 Å². The van der Waals surface area contributed by atoms with Crippen molar-refractivity contribution >= 4 is 6.09 Å². The number of aromatic nitrogens is 2. The third kappa shape index (κ3) is 3.72. The number of amides is 1. The molecule has 0 spiro atoms. The topological polar surface area (TPSA) is 68.5 Å². The molecule has 1 saturated heterocycles. The van der Waals surface area contributed by atoms with Crippen LogP contribution in [0.15, 0.2) is 28.8 Å². The molecule has 1 aliphatic rings. The quantitative estimate of drug-likeness (QED) is 0.840. The number of hydrogen-bond donors (Lipinski definition) is 0. The summed E-state index contributed by atoms with van der Waals surface area (Å²) in [5.41, 5.74) is 0.170. The van der Waals surface area contributed by atoms with Crippen LogP contribution in [0.2, 0.25) is 0 Å². The van der Waals surface area contributed by atoms with Gasteiger partial charge in [-0.15, -0.1) is 0 Å². The first-order chi connectivity index (χ1) is 11.3. The van der Waals surface area contributed by atoms with E-state index in [9.17, 15) is 9.18 Å². The molecule has 0 unspecified atom stereocenters. The van der Waals surface area contributed by atoms with Crippen LogP contribution in [0.4, 0.5) is 9.18 Å². The maximum absolute atomic E-state index is 13.0. The summed E-state index contributed by atoms with van der Waals surface area (Å²) in [6.07, 6.45) is 0.410. The van der Waals surface area contributed by atoms with Gasteiger partial charge in [-0.05, 0) is 51.5 Å². The number of likely N-dealkylation sites (tertiary alicyclic amines) is 1. The van der Waals surface area contributed by atoms with Crippen LogP contribution >= 0.6 is 0 Å². The maximum Gasteiger partial charge on any atom is 0.410 e. The van der Waals surface area contributed by atoms with Crippen molar-refractivity contribution in [3.63, 3.8) is 0 Å². The van der Waals surface area contributed by atoms with Crippen molar-refractivity contribution in [2.24, 2.45) is 0 Å². The van der Waals surface area contributed by atoms with Gasteiger partial charge in [-0.25, -0.2) is 9.18 Å². The van der Waals surface area contributed by atoms with Crippen molar-refractivity contribution in [2.45, 2.75) is 38.7 Å². The third-order valence-corrected chi connectivity index (χ3v) is 3.73. The molecular weight excluding hydrogens is 313 g/mol. The Balaban J connectivity index is 1.66. The Morgan fingerprint density at radius 1 is 1.33 bits per heavy atom. The second-order valence-electron chi connectivity index (χ2n) is 6.88. The number of ether oxygens (including phenoxy) is 1. The number of nitrogens with zero attached hydrogens (tertiary/aromatic N) is 3. The predicted molar refractivity (Wildman–Crippen MR) is 84.9 cm³/mol. The molecule has 0 bridgehead atoms. The summed E-state index contributed by atoms with van der Waals surface area (Å²) in [6.45, 7) is 6.59. The molecule has 1 aromatic heterocycles. The summed E-state index contributed by atoms with van der Waals surface area (Å²) in [5.74, 6) is 0.576. The predicted octanol–water partition coefficient (Wildman–Crippen LogP) is 3.60. The Labute approximate surface area is 139 Å². The fraction of sp³-hybridized carbons (Fsp3) is 0.471. The van der Waals surface area contributed by atoms with Crippen LogP contribution in [0, 0.1) is 5.82 Å². The largest absolute Gasteiger partial charge is 0.444 e. The first-order valence-corrected chi connectivity index (χ1v) is 7.89. The molecule has 128 valence electrons. The van der Waals surface area contributed by atoms with Crippen LogP contribution in [0.1, 0.15) is 39.0 Å². The van der Waals surface area contributed by atoms with Gasteiger partial charge in [-0.1, -0.05) is 5.16 Å². The van der Waals surface area contributed by atoms with Crippen LogP contribution in [0.3, 0.4) is 0 Å². The SMILES string of the molecule is CC(C)(C)OC(=O)N1CC[C@@H](c2nc(-c3ccc(F)cc3)no2)C1. The van der Waals surface area contributed by atoms with E-state index in [1.54, 1.807) is 17.0 Å². The normalized spacial score (nSPS) is 18.0. The summed E-state index contributed by atoms with van der Waals surface area (Å²) in [4.78, 5) is 18.1. The third-order valence-electron chi connectivity index (χ3n) is 3.73. The number of hydrogen-bond acceptors (Lipinski definition) is 5. The van der Waals surface area contributed by atoms with Crippen LogP contribution in [-0.4, -0.2) is 39.8 Å². The monoisotopic (exact) mass is 333 g/mol. The van der Waals surface area contributed by atoms with Crippen LogP contribution in [0.5, 0.6) is 0 Å². The van der Waals surface area contributed by atoms with Gasteiger partial charge in [-0.2, -0.15) is 4.98 Å². The lowest BCUT2D eigenvalue weighted by molar-refractivity contribution is 0.0291. The smallest absolute Gasteiger partial charge is 0.410 e. The van der Waals surface area contributed by atoms with Gasteiger partial charge in [0.15, 0.2) is 0 Å². The average Bonchev–Trinajstić information content (AvgIpc) is 3.15. The summed E-state index contributed by atoms with van der Waals surface area (Å²) >= 11 is 0. The highest BCUT2D eigenvalue weighted by Gasteiger charge is 2.33. The zero-order chi connectivity index (χ0) is 17.3. The molecular formula is C17H20FN3O3. The van der Waals surface area contributed by atoms with Crippen molar-refractivity contribution in [3.8, 4) is 11.4 Å². The zero-order valence-corrected chi connectivity index (χ0v) is 14.0. The molecule has 3 rings (SSSR count). The standard InChI is InChI=1S/C17H20FN3O3/c1-17(2,3)23-16(22)21-9-8-12(10-21)15-19-14(20-24-15)11-4-6-13(18)7-5-11/h4-7,12H,8-10H2,1-3H3/t12-/m1/s1. The van der Waals surface area contributed by atoms with Crippen LogP contribution in [0.25, 0.3) is 11.4 Å². The van der Waals surface area contributed by atoms with Crippen LogP contribution in [-0.2, 0) is 4.74 Å². The van der Waals surface area contributed by atoms with Gasteiger partial charge in [0.25, 0.3) is 0 Å². The van der Waals surface area contributed by atoms with Crippen molar-refractivity contribution in [2.75, 3.05) is 13.1 Å². The highest BCUT2D eigenvalue weighted by atomic mass is 19.1. The first-order valence-electron chi connectivity index (χ1n) is 7.89. The molecule has 1 atom stereocenters. The molecule has 2 heterocycles. The lowest BCUT2D eigenvalue weighted by Gasteiger charge is -2.24. The summed E-state index contributed by atoms with van der Waals surface area (Å²) < 4.78 is 23.7. The molecule has 1 aliphatic heterocycles. The number of halogens is 1. The Hall–Kier alpha value is -2.44. The maximum atomic E-state index is 13.0. The minimum absolute atomic E-state index is 0.0146. The van der Waals surface area contributed by atoms with Gasteiger partial charge >= 0.3 is 6.09 Å². The molecule has 1 fully saturated rings. The van der Waals surface area contributed by atoms with Crippen LogP contribution < -0.4 is 0 Å². The van der Waals surface area contributed by atoms with Crippen molar-refractivity contribution in [1.29, 1.82) is 0 Å². The number of carbonyl (C=O) groups excluding carboxylic acids is 1. The van der Waals surface area contributed by atoms with Gasteiger partial charge in [0, 0.05) is 18.7 Å². The van der Waals surface area contributed by atoms with E-state index >= 15 is 0 Å². The molecule has 7 heteroatoms. The molecule has 24 heavy (non-hydrogen) atoms. The molecule has 0 saturated carbocycles. The number of carbonyl (C=O) groups is 1. The van der Waals surface area contributed by atoms with Gasteiger partial charge < -0.3 is 14.2 Å². The molecule has 0 aliphatic carbocycles. The molecule has 1 amide bonds. The Morgan fingerprint density at radius 3 is 2.71 bits per heavy atom. The lowest BCUT2D eigenvalue weighted by atomic mass is 10.1. The van der Waals surface area contributed by atoms with Crippen molar-refractivity contribution in [1.82, 2.24) is 15.0 Å². The zero-order valence-electron chi connectivity index (χ0n) is 14.0. The van der Waals surface area contributed by atoms with E-state index < -0.39 is 5.60 Å². The van der Waals surface area contributed by atoms with Crippen molar-refractivity contribution in [3.05, 3.63) is 36.0 Å². The van der Waals surface area contributed by atoms with Gasteiger partial charge in [0.1, 0.15) is 11.4 Å². The second-order valence-corrected chi connectivity index (χ2v) is 6.88. The van der Waals surface area contributed by atoms with Gasteiger partial charge in [0.2, 0.25) is 11.7 Å². The minimum atomic E-state index is -0.518. The lowest BCUT2D eigenvalue weighted by Crippen LogP contribution is -2.35. The molecule has 0 N–H and O–H groups in total. The minimum Gasteiger partial charge on any atom is -0.444 e. The molecule has 1 aromatic carbocycles. The van der Waals surface area contributed by atoms with Gasteiger partial charge in [0.05, 0.1) is 5.92 Å². The highest BCUT2D eigenvalue weighted by molar-refractivity contribution is 5.68. The summed E-state index contributed by atoms with van der Waals surface area (Å²) in [7, 11) is 0. The summed E-state index contributed by atoms with van der Waals surface area (Å²) in [6, 6.07) is 5.91. The van der Waals surface area contributed by atoms with E-state index in [0.29, 0.717) is 30.4 Å². The Bertz CT molecular complexity index is 721. The molecule has 0 radical (unpaired) electrons. The fourth-order valence-electron chi connectivity index (χ4n) is 2.57. The molecule has 2 aromatic rings. The average molecular weight is 333 g/mol. The highest BCUT2D eigenvalue weighted by Crippen LogP contribution is 2.28. The van der Waals surface area contributed by atoms with E-state index in [2.05, 4.69) is 10.1 Å². The van der Waals surface area contributed by atoms with Gasteiger partial charge in [-0.3, -0.25) is 0 Å². The number of benzene rings is 1. The van der Waals surface area contributed by atoms with E-state index in [1.165, 1.54) is 12.1 Å². The summed E-state index contributed by atoms with van der Waals surface area (Å²) in [5, 5.41) is 3.95.